The maximum absolute atomic E-state index is 6.18. The van der Waals surface area contributed by atoms with E-state index < -0.39 is 0 Å². The molecule has 0 unspecified atom stereocenters. The van der Waals surface area contributed by atoms with Crippen LogP contribution in [0.4, 0.5) is 5.69 Å². The molecule has 1 saturated heterocycles. The molecule has 4 heteroatoms. The van der Waals surface area contributed by atoms with Crippen LogP contribution in [0, 0.1) is 5.92 Å². The van der Waals surface area contributed by atoms with Gasteiger partial charge in [-0.25, -0.2) is 0 Å². The summed E-state index contributed by atoms with van der Waals surface area (Å²) in [5, 5.41) is 4.16. The van der Waals surface area contributed by atoms with Crippen LogP contribution in [-0.2, 0) is 0 Å². The van der Waals surface area contributed by atoms with Crippen LogP contribution < -0.4 is 10.1 Å². The van der Waals surface area contributed by atoms with Crippen LogP contribution in [0.1, 0.15) is 19.8 Å². The van der Waals surface area contributed by atoms with Crippen LogP contribution in [0.25, 0.3) is 0 Å². The Balaban J connectivity index is 1.84. The van der Waals surface area contributed by atoms with Gasteiger partial charge in [-0.1, -0.05) is 11.6 Å². The Morgan fingerprint density at radius 3 is 2.74 bits per heavy atom. The smallest absolute Gasteiger partial charge is 0.138 e. The van der Waals surface area contributed by atoms with E-state index in [4.69, 9.17) is 16.3 Å². The summed E-state index contributed by atoms with van der Waals surface area (Å²) in [4.78, 5) is 2.39. The summed E-state index contributed by atoms with van der Waals surface area (Å²) in [7, 11) is 2.19. The lowest BCUT2D eigenvalue weighted by atomic mass is 9.97. The van der Waals surface area contributed by atoms with E-state index in [2.05, 4.69) is 17.3 Å². The molecule has 0 amide bonds. The molecule has 1 aromatic carbocycles. The van der Waals surface area contributed by atoms with Gasteiger partial charge in [-0.15, -0.1) is 0 Å². The van der Waals surface area contributed by atoms with Crippen molar-refractivity contribution in [2.45, 2.75) is 19.8 Å². The Hall–Kier alpha value is -0.930. The molecular formula is C15H23ClN2O. The summed E-state index contributed by atoms with van der Waals surface area (Å²) in [6.45, 7) is 6.04. The van der Waals surface area contributed by atoms with Crippen LogP contribution in [0.15, 0.2) is 18.2 Å². The highest BCUT2D eigenvalue weighted by molar-refractivity contribution is 6.32. The summed E-state index contributed by atoms with van der Waals surface area (Å²) >= 11 is 6.18. The van der Waals surface area contributed by atoms with Crippen molar-refractivity contribution in [1.82, 2.24) is 4.90 Å². The van der Waals surface area contributed by atoms with Crippen molar-refractivity contribution in [1.29, 1.82) is 0 Å². The number of rotatable bonds is 5. The van der Waals surface area contributed by atoms with Crippen LogP contribution in [0.2, 0.25) is 5.02 Å². The molecule has 0 aromatic heterocycles. The second kappa shape index (κ2) is 7.01. The third-order valence-corrected chi connectivity index (χ3v) is 3.96. The number of ether oxygens (including phenoxy) is 1. The van der Waals surface area contributed by atoms with Gasteiger partial charge in [0.2, 0.25) is 0 Å². The zero-order chi connectivity index (χ0) is 13.7. The fourth-order valence-corrected chi connectivity index (χ4v) is 2.65. The Labute approximate surface area is 120 Å². The Kier molecular flexibility index (Phi) is 5.34. The van der Waals surface area contributed by atoms with Crippen LogP contribution >= 0.6 is 11.6 Å². The topological polar surface area (TPSA) is 24.5 Å². The van der Waals surface area contributed by atoms with Crippen molar-refractivity contribution in [3.8, 4) is 5.75 Å². The summed E-state index contributed by atoms with van der Waals surface area (Å²) in [6, 6.07) is 5.91. The maximum atomic E-state index is 6.18. The molecule has 1 aliphatic heterocycles. The minimum absolute atomic E-state index is 0.641. The van der Waals surface area contributed by atoms with Gasteiger partial charge in [0.15, 0.2) is 0 Å². The van der Waals surface area contributed by atoms with E-state index >= 15 is 0 Å². The molecule has 3 nitrogen and oxygen atoms in total. The first kappa shape index (κ1) is 14.5. The fraction of sp³-hybridized carbons (Fsp3) is 0.600. The van der Waals surface area contributed by atoms with E-state index in [-0.39, 0.29) is 0 Å². The van der Waals surface area contributed by atoms with Gasteiger partial charge >= 0.3 is 0 Å². The number of piperidine rings is 1. The molecule has 0 saturated carbocycles. The number of anilines is 1. The summed E-state index contributed by atoms with van der Waals surface area (Å²) < 4.78 is 5.43. The van der Waals surface area contributed by atoms with Gasteiger partial charge in [0.25, 0.3) is 0 Å². The van der Waals surface area contributed by atoms with Gasteiger partial charge in [0, 0.05) is 12.2 Å². The zero-order valence-corrected chi connectivity index (χ0v) is 12.5. The Bertz CT molecular complexity index is 403. The molecule has 1 N–H and O–H groups in total. The monoisotopic (exact) mass is 282 g/mol. The molecule has 0 radical (unpaired) electrons. The number of nitrogens with zero attached hydrogens (tertiary/aromatic N) is 1. The van der Waals surface area contributed by atoms with E-state index in [1.807, 2.05) is 25.1 Å². The Morgan fingerprint density at radius 2 is 2.11 bits per heavy atom. The molecule has 106 valence electrons. The van der Waals surface area contributed by atoms with Gasteiger partial charge in [-0.05, 0) is 64.0 Å². The average molecular weight is 283 g/mol. The maximum Gasteiger partial charge on any atom is 0.138 e. The lowest BCUT2D eigenvalue weighted by Gasteiger charge is -2.29. The molecule has 0 aliphatic carbocycles. The number of nitrogens with one attached hydrogen (secondary N) is 1. The van der Waals surface area contributed by atoms with Gasteiger partial charge < -0.3 is 15.0 Å². The Morgan fingerprint density at radius 1 is 1.37 bits per heavy atom. The van der Waals surface area contributed by atoms with E-state index in [0.717, 1.165) is 23.9 Å². The minimum Gasteiger partial charge on any atom is -0.492 e. The van der Waals surface area contributed by atoms with Crippen molar-refractivity contribution < 1.29 is 4.74 Å². The predicted octanol–water partition coefficient (Wildman–Crippen LogP) is 3.49. The zero-order valence-electron chi connectivity index (χ0n) is 11.8. The molecule has 0 spiro atoms. The highest BCUT2D eigenvalue weighted by Gasteiger charge is 2.16. The SMILES string of the molecule is CCOc1ccc(NCC2CCN(C)CC2)cc1Cl. The molecule has 19 heavy (non-hydrogen) atoms. The van der Waals surface area contributed by atoms with Crippen LogP contribution in [0.3, 0.4) is 0 Å². The first-order valence-electron chi connectivity index (χ1n) is 7.03. The molecule has 1 aliphatic rings. The summed E-state index contributed by atoms with van der Waals surface area (Å²) in [6.07, 6.45) is 2.54. The standard InChI is InChI=1S/C15H23ClN2O/c1-3-19-15-5-4-13(10-14(15)16)17-11-12-6-8-18(2)9-7-12/h4-5,10,12,17H,3,6-9,11H2,1-2H3. The lowest BCUT2D eigenvalue weighted by Crippen LogP contribution is -2.32. The first-order chi connectivity index (χ1) is 9.19. The van der Waals surface area contributed by atoms with Gasteiger partial charge in [0.1, 0.15) is 5.75 Å². The molecule has 0 bridgehead atoms. The largest absolute Gasteiger partial charge is 0.492 e. The van der Waals surface area contributed by atoms with Crippen molar-refractivity contribution in [2.75, 3.05) is 38.6 Å². The average Bonchev–Trinajstić information content (AvgIpc) is 2.41. The molecule has 1 aromatic rings. The number of halogens is 1. The molecule has 2 rings (SSSR count). The molecule has 0 atom stereocenters. The third-order valence-electron chi connectivity index (χ3n) is 3.66. The fourth-order valence-electron chi connectivity index (χ4n) is 2.41. The minimum atomic E-state index is 0.641. The van der Waals surface area contributed by atoms with Gasteiger partial charge in [0.05, 0.1) is 11.6 Å². The lowest BCUT2D eigenvalue weighted by molar-refractivity contribution is 0.226. The second-order valence-corrected chi connectivity index (χ2v) is 5.61. The highest BCUT2D eigenvalue weighted by atomic mass is 35.5. The van der Waals surface area contributed by atoms with Crippen LogP contribution in [0.5, 0.6) is 5.75 Å². The van der Waals surface area contributed by atoms with Gasteiger partial charge in [-0.3, -0.25) is 0 Å². The van der Waals surface area contributed by atoms with Gasteiger partial charge in [-0.2, -0.15) is 0 Å². The van der Waals surface area contributed by atoms with E-state index in [0.29, 0.717) is 11.6 Å². The third kappa shape index (κ3) is 4.29. The van der Waals surface area contributed by atoms with Crippen LogP contribution in [-0.4, -0.2) is 38.2 Å². The molecular weight excluding hydrogens is 260 g/mol. The summed E-state index contributed by atoms with van der Waals surface area (Å²) in [5.74, 6) is 1.52. The summed E-state index contributed by atoms with van der Waals surface area (Å²) in [5.41, 5.74) is 1.08. The van der Waals surface area contributed by atoms with E-state index in [9.17, 15) is 0 Å². The molecule has 1 heterocycles. The predicted molar refractivity (Wildman–Crippen MR) is 81.3 cm³/mol. The van der Waals surface area contributed by atoms with Crippen molar-refractivity contribution >= 4 is 17.3 Å². The number of hydrogen-bond donors (Lipinski definition) is 1. The van der Waals surface area contributed by atoms with Crippen molar-refractivity contribution in [3.05, 3.63) is 23.2 Å². The number of benzene rings is 1. The van der Waals surface area contributed by atoms with E-state index in [1.54, 1.807) is 0 Å². The van der Waals surface area contributed by atoms with Crippen molar-refractivity contribution in [2.24, 2.45) is 5.92 Å². The highest BCUT2D eigenvalue weighted by Crippen LogP contribution is 2.28. The van der Waals surface area contributed by atoms with E-state index in [1.165, 1.54) is 25.9 Å². The first-order valence-corrected chi connectivity index (χ1v) is 7.41. The van der Waals surface area contributed by atoms with Crippen molar-refractivity contribution in [3.63, 3.8) is 0 Å². The normalized spacial score (nSPS) is 17.4. The second-order valence-electron chi connectivity index (χ2n) is 5.21. The number of hydrogen-bond acceptors (Lipinski definition) is 3. The quantitative estimate of drug-likeness (QED) is 0.895. The number of likely N-dealkylation sites (tertiary alicyclic amines) is 1. The molecule has 1 fully saturated rings.